The largest absolute Gasteiger partial charge is 0.508 e. The van der Waals surface area contributed by atoms with E-state index in [9.17, 15) is 9.90 Å². The molecule has 8 atom stereocenters. The average molecular weight is 395 g/mol. The van der Waals surface area contributed by atoms with Crippen LogP contribution in [0.25, 0.3) is 0 Å². The van der Waals surface area contributed by atoms with Crippen LogP contribution in [0.1, 0.15) is 90.0 Å². The zero-order valence-corrected chi connectivity index (χ0v) is 18.5. The maximum absolute atomic E-state index is 12.3. The summed E-state index contributed by atoms with van der Waals surface area (Å²) in [6.07, 6.45) is 11.7. The van der Waals surface area contributed by atoms with E-state index in [2.05, 4.69) is 19.9 Å². The van der Waals surface area contributed by atoms with E-state index in [1.54, 1.807) is 6.07 Å². The van der Waals surface area contributed by atoms with Gasteiger partial charge in [0.1, 0.15) is 11.5 Å². The van der Waals surface area contributed by atoms with Crippen molar-refractivity contribution in [2.45, 2.75) is 84.5 Å². The van der Waals surface area contributed by atoms with Crippen LogP contribution >= 0.6 is 0 Å². The lowest BCUT2D eigenvalue weighted by atomic mass is 9.44. The first-order valence-electron chi connectivity index (χ1n) is 12.1. The SMILES string of the molecule is CC(=O)[C@H]1CC[C@H]2[C@@H]3CC[C@@H]4C[C@@H](c5cccc(O)c5)CC[C@]4(C)[C@H]3CC[C@]12C. The first-order chi connectivity index (χ1) is 13.8. The summed E-state index contributed by atoms with van der Waals surface area (Å²) in [6, 6.07) is 8.00. The van der Waals surface area contributed by atoms with E-state index < -0.39 is 0 Å². The molecule has 158 valence electrons. The Morgan fingerprint density at radius 1 is 0.966 bits per heavy atom. The Morgan fingerprint density at radius 2 is 1.72 bits per heavy atom. The highest BCUT2D eigenvalue weighted by Gasteiger charge is 2.60. The summed E-state index contributed by atoms with van der Waals surface area (Å²) in [5.74, 6) is 5.08. The third kappa shape index (κ3) is 2.92. The fourth-order valence-corrected chi connectivity index (χ4v) is 9.01. The third-order valence-electron chi connectivity index (χ3n) is 10.5. The van der Waals surface area contributed by atoms with E-state index in [0.29, 0.717) is 28.8 Å². The van der Waals surface area contributed by atoms with Crippen molar-refractivity contribution in [1.29, 1.82) is 0 Å². The van der Waals surface area contributed by atoms with E-state index in [1.807, 2.05) is 19.1 Å². The highest BCUT2D eigenvalue weighted by Crippen LogP contribution is 2.68. The van der Waals surface area contributed by atoms with Crippen LogP contribution in [0.5, 0.6) is 5.75 Å². The molecule has 4 fully saturated rings. The van der Waals surface area contributed by atoms with Gasteiger partial charge in [-0.1, -0.05) is 26.0 Å². The number of carbonyl (C=O) groups is 1. The van der Waals surface area contributed by atoms with Crippen LogP contribution in [-0.4, -0.2) is 10.9 Å². The Bertz CT molecular complexity index is 799. The number of ketones is 1. The van der Waals surface area contributed by atoms with Gasteiger partial charge in [-0.15, -0.1) is 0 Å². The minimum atomic E-state index is 0.273. The molecule has 0 bridgehead atoms. The molecule has 29 heavy (non-hydrogen) atoms. The number of phenols is 1. The molecular formula is C27H38O2. The van der Waals surface area contributed by atoms with Crippen molar-refractivity contribution in [3.63, 3.8) is 0 Å². The Labute approximate surface area is 176 Å². The van der Waals surface area contributed by atoms with Gasteiger partial charge in [0.2, 0.25) is 0 Å². The number of phenolic OH excluding ortho intramolecular Hbond substituents is 1. The number of hydrogen-bond acceptors (Lipinski definition) is 2. The van der Waals surface area contributed by atoms with Crippen molar-refractivity contribution in [2.24, 2.45) is 40.4 Å². The average Bonchev–Trinajstić information content (AvgIpc) is 3.05. The highest BCUT2D eigenvalue weighted by molar-refractivity contribution is 5.79. The number of benzene rings is 1. The van der Waals surface area contributed by atoms with E-state index in [1.165, 1.54) is 56.9 Å². The van der Waals surface area contributed by atoms with Gasteiger partial charge in [0.15, 0.2) is 0 Å². The van der Waals surface area contributed by atoms with Crippen LogP contribution in [0.15, 0.2) is 24.3 Å². The molecule has 4 aliphatic carbocycles. The van der Waals surface area contributed by atoms with Gasteiger partial charge < -0.3 is 5.11 Å². The summed E-state index contributed by atoms with van der Waals surface area (Å²) in [4.78, 5) is 12.3. The van der Waals surface area contributed by atoms with Crippen molar-refractivity contribution in [3.8, 4) is 5.75 Å². The van der Waals surface area contributed by atoms with Gasteiger partial charge in [-0.05, 0) is 123 Å². The maximum Gasteiger partial charge on any atom is 0.133 e. The zero-order valence-electron chi connectivity index (χ0n) is 18.5. The second-order valence-corrected chi connectivity index (χ2v) is 11.5. The maximum atomic E-state index is 12.3. The lowest BCUT2D eigenvalue weighted by molar-refractivity contribution is -0.134. The molecule has 0 radical (unpaired) electrons. The van der Waals surface area contributed by atoms with Gasteiger partial charge in [0.25, 0.3) is 0 Å². The molecule has 5 rings (SSSR count). The van der Waals surface area contributed by atoms with Gasteiger partial charge >= 0.3 is 0 Å². The lowest BCUT2D eigenvalue weighted by Crippen LogP contribution is -2.53. The molecule has 1 N–H and O–H groups in total. The summed E-state index contributed by atoms with van der Waals surface area (Å²) in [6.45, 7) is 6.92. The second kappa shape index (κ2) is 6.86. The van der Waals surface area contributed by atoms with Crippen molar-refractivity contribution < 1.29 is 9.90 Å². The lowest BCUT2D eigenvalue weighted by Gasteiger charge is -2.61. The minimum absolute atomic E-state index is 0.273. The summed E-state index contributed by atoms with van der Waals surface area (Å²) >= 11 is 0. The predicted octanol–water partition coefficient (Wildman–Crippen LogP) is 6.72. The molecular weight excluding hydrogens is 356 g/mol. The molecule has 0 heterocycles. The molecule has 1 aromatic rings. The molecule has 0 aliphatic heterocycles. The first kappa shape index (κ1) is 19.6. The standard InChI is InChI=1S/C27H38O2/c1-17(28)23-9-10-24-22-8-7-20-15-19(18-5-4-6-21(29)16-18)11-13-26(20,2)25(22)12-14-27(23,24)3/h4-6,16,19-20,22-25,29H,7-15H2,1-3H3/t19-,20+,22-,23+,24-,25-,26-,27+/m0/s1. The molecule has 0 saturated heterocycles. The Kier molecular flexibility index (Phi) is 4.64. The number of hydrogen-bond donors (Lipinski definition) is 1. The number of rotatable bonds is 2. The monoisotopic (exact) mass is 394 g/mol. The summed E-state index contributed by atoms with van der Waals surface area (Å²) in [7, 11) is 0. The van der Waals surface area contributed by atoms with E-state index >= 15 is 0 Å². The van der Waals surface area contributed by atoms with Crippen LogP contribution in [0.4, 0.5) is 0 Å². The molecule has 4 saturated carbocycles. The fraction of sp³-hybridized carbons (Fsp3) is 0.741. The molecule has 4 aliphatic rings. The van der Waals surface area contributed by atoms with Crippen molar-refractivity contribution in [1.82, 2.24) is 0 Å². The topological polar surface area (TPSA) is 37.3 Å². The smallest absolute Gasteiger partial charge is 0.133 e. The number of Topliss-reactive ketones (excluding diaryl/α,β-unsaturated/α-hetero) is 1. The summed E-state index contributed by atoms with van der Waals surface area (Å²) < 4.78 is 0. The van der Waals surface area contributed by atoms with Crippen molar-refractivity contribution in [2.75, 3.05) is 0 Å². The van der Waals surface area contributed by atoms with Crippen molar-refractivity contribution >= 4 is 5.78 Å². The second-order valence-electron chi connectivity index (χ2n) is 11.5. The summed E-state index contributed by atoms with van der Waals surface area (Å²) in [5, 5.41) is 9.93. The van der Waals surface area contributed by atoms with E-state index in [4.69, 9.17) is 0 Å². The molecule has 1 aromatic carbocycles. The Balaban J connectivity index is 1.37. The van der Waals surface area contributed by atoms with Crippen LogP contribution in [-0.2, 0) is 4.79 Å². The quantitative estimate of drug-likeness (QED) is 0.604. The van der Waals surface area contributed by atoms with Gasteiger partial charge in [0.05, 0.1) is 0 Å². The molecule has 2 heteroatoms. The Morgan fingerprint density at radius 3 is 2.48 bits per heavy atom. The summed E-state index contributed by atoms with van der Waals surface area (Å²) in [5.41, 5.74) is 2.09. The van der Waals surface area contributed by atoms with Crippen LogP contribution in [0.3, 0.4) is 0 Å². The molecule has 0 aromatic heterocycles. The minimum Gasteiger partial charge on any atom is -0.508 e. The fourth-order valence-electron chi connectivity index (χ4n) is 9.01. The van der Waals surface area contributed by atoms with Gasteiger partial charge in [0, 0.05) is 5.92 Å². The first-order valence-corrected chi connectivity index (χ1v) is 12.1. The zero-order chi connectivity index (χ0) is 20.4. The number of aromatic hydroxyl groups is 1. The predicted molar refractivity (Wildman–Crippen MR) is 117 cm³/mol. The van der Waals surface area contributed by atoms with Crippen LogP contribution in [0, 0.1) is 40.4 Å². The van der Waals surface area contributed by atoms with Crippen LogP contribution in [0.2, 0.25) is 0 Å². The van der Waals surface area contributed by atoms with Crippen LogP contribution < -0.4 is 0 Å². The normalized spacial score (nSPS) is 46.4. The van der Waals surface area contributed by atoms with Gasteiger partial charge in [-0.25, -0.2) is 0 Å². The van der Waals surface area contributed by atoms with Crippen molar-refractivity contribution in [3.05, 3.63) is 29.8 Å². The Hall–Kier alpha value is -1.31. The molecule has 0 unspecified atom stereocenters. The van der Waals surface area contributed by atoms with E-state index in [0.717, 1.165) is 30.1 Å². The number of fused-ring (bicyclic) bond motifs is 5. The highest BCUT2D eigenvalue weighted by atomic mass is 16.3. The number of carbonyl (C=O) groups excluding carboxylic acids is 1. The third-order valence-corrected chi connectivity index (χ3v) is 10.5. The van der Waals surface area contributed by atoms with Gasteiger partial charge in [-0.3, -0.25) is 4.79 Å². The molecule has 0 amide bonds. The molecule has 0 spiro atoms. The van der Waals surface area contributed by atoms with E-state index in [-0.39, 0.29) is 5.41 Å². The van der Waals surface area contributed by atoms with Gasteiger partial charge in [-0.2, -0.15) is 0 Å². The molecule has 2 nitrogen and oxygen atoms in total.